The quantitative estimate of drug-likeness (QED) is 0.764. The molecule has 1 amide bonds. The van der Waals surface area contributed by atoms with Crippen LogP contribution in [0.5, 0.6) is 0 Å². The Morgan fingerprint density at radius 3 is 2.91 bits per heavy atom. The molecule has 5 nitrogen and oxygen atoms in total. The van der Waals surface area contributed by atoms with Crippen LogP contribution in [0.4, 0.5) is 0 Å². The van der Waals surface area contributed by atoms with Gasteiger partial charge in [-0.05, 0) is 38.1 Å². The number of aromatic nitrogens is 3. The van der Waals surface area contributed by atoms with E-state index in [1.54, 1.807) is 18.3 Å². The lowest BCUT2D eigenvalue weighted by molar-refractivity contribution is 0.0958. The molecule has 7 heteroatoms. The van der Waals surface area contributed by atoms with Crippen molar-refractivity contribution in [3.05, 3.63) is 45.5 Å². The van der Waals surface area contributed by atoms with Crippen LogP contribution in [0.25, 0.3) is 11.2 Å². The molecule has 3 aromatic rings. The normalized spacial score (nSPS) is 11.3. The van der Waals surface area contributed by atoms with Crippen molar-refractivity contribution in [3.63, 3.8) is 0 Å². The number of carbonyl (C=O) groups is 1. The van der Waals surface area contributed by atoms with Crippen LogP contribution < -0.4 is 5.32 Å². The predicted molar refractivity (Wildman–Crippen MR) is 93.3 cm³/mol. The maximum Gasteiger partial charge on any atom is 0.261 e. The van der Waals surface area contributed by atoms with Gasteiger partial charge in [0, 0.05) is 25.2 Å². The van der Waals surface area contributed by atoms with E-state index in [1.807, 2.05) is 12.1 Å². The molecule has 3 heterocycles. The number of nitrogens with zero attached hydrogens (tertiary/aromatic N) is 3. The lowest BCUT2D eigenvalue weighted by Gasteiger charge is -2.12. The molecular weight excluding hydrogens is 332 g/mol. The first-order valence-electron chi connectivity index (χ1n) is 7.41. The predicted octanol–water partition coefficient (Wildman–Crippen LogP) is 3.70. The summed E-state index contributed by atoms with van der Waals surface area (Å²) in [5.41, 5.74) is 1.77. The first-order chi connectivity index (χ1) is 11.1. The Balaban J connectivity index is 1.72. The van der Waals surface area contributed by atoms with Crippen LogP contribution in [0.2, 0.25) is 4.34 Å². The Kier molecular flexibility index (Phi) is 4.63. The van der Waals surface area contributed by atoms with Crippen LogP contribution >= 0.6 is 22.9 Å². The van der Waals surface area contributed by atoms with Gasteiger partial charge in [-0.15, -0.1) is 11.3 Å². The van der Waals surface area contributed by atoms with Gasteiger partial charge in [0.25, 0.3) is 5.91 Å². The number of imidazole rings is 1. The van der Waals surface area contributed by atoms with E-state index >= 15 is 0 Å². The van der Waals surface area contributed by atoms with Gasteiger partial charge in [-0.25, -0.2) is 9.97 Å². The van der Waals surface area contributed by atoms with Crippen molar-refractivity contribution >= 4 is 40.0 Å². The number of fused-ring (bicyclic) bond motifs is 1. The topological polar surface area (TPSA) is 59.8 Å². The lowest BCUT2D eigenvalue weighted by Crippen LogP contribution is -2.26. The summed E-state index contributed by atoms with van der Waals surface area (Å²) in [6, 6.07) is 7.56. The molecule has 0 fully saturated rings. The Hall–Kier alpha value is -1.92. The average Bonchev–Trinajstić information content (AvgIpc) is 3.10. The van der Waals surface area contributed by atoms with Crippen molar-refractivity contribution in [2.75, 3.05) is 6.54 Å². The van der Waals surface area contributed by atoms with E-state index in [0.717, 1.165) is 17.0 Å². The first kappa shape index (κ1) is 16.0. The molecule has 0 bridgehead atoms. The number of hydrogen-bond acceptors (Lipinski definition) is 4. The molecule has 0 spiro atoms. The second-order valence-corrected chi connectivity index (χ2v) is 7.16. The van der Waals surface area contributed by atoms with Crippen LogP contribution in [-0.2, 0) is 6.42 Å². The molecule has 0 aliphatic carbocycles. The molecule has 0 aliphatic rings. The summed E-state index contributed by atoms with van der Waals surface area (Å²) < 4.78 is 2.73. The second-order valence-electron chi connectivity index (χ2n) is 5.45. The fraction of sp³-hybridized carbons (Fsp3) is 0.312. The number of nitrogens with one attached hydrogen (secondary N) is 1. The fourth-order valence-electron chi connectivity index (χ4n) is 2.51. The summed E-state index contributed by atoms with van der Waals surface area (Å²) in [5, 5.41) is 2.91. The SMILES string of the molecule is CC(C)n1c(CCNC(=O)c2ccc(Cl)s2)nc2cccnc21. The minimum atomic E-state index is -0.104. The first-order valence-corrected chi connectivity index (χ1v) is 8.61. The minimum Gasteiger partial charge on any atom is -0.351 e. The van der Waals surface area contributed by atoms with E-state index in [1.165, 1.54) is 11.3 Å². The van der Waals surface area contributed by atoms with Gasteiger partial charge in [0.1, 0.15) is 11.3 Å². The zero-order valence-electron chi connectivity index (χ0n) is 12.9. The zero-order chi connectivity index (χ0) is 16.4. The molecular formula is C16H17ClN4OS. The summed E-state index contributed by atoms with van der Waals surface area (Å²) in [5.74, 6) is 0.824. The maximum atomic E-state index is 12.0. The second kappa shape index (κ2) is 6.68. The molecule has 3 rings (SSSR count). The molecule has 0 saturated heterocycles. The third kappa shape index (κ3) is 3.38. The van der Waals surface area contributed by atoms with E-state index in [0.29, 0.717) is 22.2 Å². The summed E-state index contributed by atoms with van der Waals surface area (Å²) in [6.45, 7) is 4.72. The van der Waals surface area contributed by atoms with E-state index in [9.17, 15) is 4.79 Å². The van der Waals surface area contributed by atoms with Gasteiger partial charge < -0.3 is 9.88 Å². The van der Waals surface area contributed by atoms with Crippen molar-refractivity contribution in [2.24, 2.45) is 0 Å². The molecule has 0 aromatic carbocycles. The van der Waals surface area contributed by atoms with E-state index in [-0.39, 0.29) is 11.9 Å². The zero-order valence-corrected chi connectivity index (χ0v) is 14.5. The molecule has 120 valence electrons. The molecule has 0 saturated carbocycles. The van der Waals surface area contributed by atoms with Gasteiger partial charge >= 0.3 is 0 Å². The highest BCUT2D eigenvalue weighted by atomic mass is 35.5. The molecule has 0 radical (unpaired) electrons. The highest BCUT2D eigenvalue weighted by molar-refractivity contribution is 7.17. The number of halogens is 1. The van der Waals surface area contributed by atoms with Crippen LogP contribution in [0, 0.1) is 0 Å². The highest BCUT2D eigenvalue weighted by Gasteiger charge is 2.14. The molecule has 0 aliphatic heterocycles. The van der Waals surface area contributed by atoms with Crippen molar-refractivity contribution in [2.45, 2.75) is 26.3 Å². The van der Waals surface area contributed by atoms with E-state index in [4.69, 9.17) is 11.6 Å². The van der Waals surface area contributed by atoms with Crippen molar-refractivity contribution in [3.8, 4) is 0 Å². The standard InChI is InChI=1S/C16H17ClN4OS/c1-10(2)21-14(20-11-4-3-8-18-15(11)21)7-9-19-16(22)12-5-6-13(17)23-12/h3-6,8,10H,7,9H2,1-2H3,(H,19,22). The Bertz CT molecular complexity index is 840. The number of pyridine rings is 1. The number of hydrogen-bond donors (Lipinski definition) is 1. The molecule has 1 N–H and O–H groups in total. The Morgan fingerprint density at radius 1 is 1.39 bits per heavy atom. The maximum absolute atomic E-state index is 12.0. The summed E-state index contributed by atoms with van der Waals surface area (Å²) >= 11 is 7.13. The highest BCUT2D eigenvalue weighted by Crippen LogP contribution is 2.21. The number of carbonyl (C=O) groups excluding carboxylic acids is 1. The van der Waals surface area contributed by atoms with Gasteiger partial charge in [-0.1, -0.05) is 11.6 Å². The third-order valence-electron chi connectivity index (χ3n) is 3.47. The van der Waals surface area contributed by atoms with Gasteiger partial charge in [0.2, 0.25) is 0 Å². The Labute approximate surface area is 143 Å². The van der Waals surface area contributed by atoms with Crippen molar-refractivity contribution in [1.82, 2.24) is 19.9 Å². The smallest absolute Gasteiger partial charge is 0.261 e. The van der Waals surface area contributed by atoms with Gasteiger partial charge in [-0.2, -0.15) is 0 Å². The average molecular weight is 349 g/mol. The fourth-order valence-corrected chi connectivity index (χ4v) is 3.47. The van der Waals surface area contributed by atoms with Crippen LogP contribution in [0.3, 0.4) is 0 Å². The summed E-state index contributed by atoms with van der Waals surface area (Å²) in [7, 11) is 0. The third-order valence-corrected chi connectivity index (χ3v) is 4.70. The van der Waals surface area contributed by atoms with Gasteiger partial charge in [-0.3, -0.25) is 4.79 Å². The van der Waals surface area contributed by atoms with Crippen LogP contribution in [0.15, 0.2) is 30.5 Å². The molecule has 3 aromatic heterocycles. The molecule has 23 heavy (non-hydrogen) atoms. The van der Waals surface area contributed by atoms with Crippen molar-refractivity contribution < 1.29 is 4.79 Å². The molecule has 0 atom stereocenters. The van der Waals surface area contributed by atoms with Crippen LogP contribution in [-0.4, -0.2) is 27.0 Å². The number of rotatable bonds is 5. The number of thiophene rings is 1. The Morgan fingerprint density at radius 2 is 2.22 bits per heavy atom. The molecule has 0 unspecified atom stereocenters. The minimum absolute atomic E-state index is 0.104. The largest absolute Gasteiger partial charge is 0.351 e. The van der Waals surface area contributed by atoms with Crippen molar-refractivity contribution in [1.29, 1.82) is 0 Å². The van der Waals surface area contributed by atoms with E-state index < -0.39 is 0 Å². The summed E-state index contributed by atoms with van der Waals surface area (Å²) in [6.07, 6.45) is 2.42. The van der Waals surface area contributed by atoms with Crippen LogP contribution in [0.1, 0.15) is 35.4 Å². The lowest BCUT2D eigenvalue weighted by atomic mass is 10.3. The monoisotopic (exact) mass is 348 g/mol. The number of amides is 1. The van der Waals surface area contributed by atoms with Gasteiger partial charge in [0.15, 0.2) is 5.65 Å². The van der Waals surface area contributed by atoms with E-state index in [2.05, 4.69) is 33.7 Å². The van der Waals surface area contributed by atoms with Gasteiger partial charge in [0.05, 0.1) is 9.21 Å². The summed E-state index contributed by atoms with van der Waals surface area (Å²) in [4.78, 5) is 21.7.